The van der Waals surface area contributed by atoms with Gasteiger partial charge in [-0.2, -0.15) is 0 Å². The maximum Gasteiger partial charge on any atom is 0.284 e. The normalized spacial score (nSPS) is 21.6. The van der Waals surface area contributed by atoms with Crippen molar-refractivity contribution in [1.29, 1.82) is 0 Å². The monoisotopic (exact) mass is 397 g/mol. The second-order valence-corrected chi connectivity index (χ2v) is 11.7. The standard InChI is InChI=1S/C26H29BNP/c1-4-16-24(17-5-1)29(25-18-6-2-7-19-25,26-20-8-3-9-21-26)28-27-22-12-10-13-23(27)15-11-14-22/h1-9,16-23H,10-15H2. The van der Waals surface area contributed by atoms with Crippen molar-refractivity contribution in [3.05, 3.63) is 91.0 Å². The average molecular weight is 397 g/mol. The molecule has 2 heterocycles. The van der Waals surface area contributed by atoms with Gasteiger partial charge >= 0.3 is 0 Å². The van der Waals surface area contributed by atoms with Crippen molar-refractivity contribution in [2.24, 2.45) is 4.66 Å². The van der Waals surface area contributed by atoms with E-state index in [-0.39, 0.29) is 0 Å². The van der Waals surface area contributed by atoms with Gasteiger partial charge in [0, 0.05) is 7.05 Å². The number of hydrogen-bond acceptors (Lipinski definition) is 1. The molecule has 3 heteroatoms. The Morgan fingerprint density at radius 2 is 0.897 bits per heavy atom. The molecule has 0 atom stereocenters. The van der Waals surface area contributed by atoms with E-state index in [9.17, 15) is 0 Å². The van der Waals surface area contributed by atoms with E-state index in [1.54, 1.807) is 0 Å². The molecule has 3 aromatic rings. The number of hydrogen-bond donors (Lipinski definition) is 0. The first-order valence-corrected chi connectivity index (χ1v) is 12.9. The lowest BCUT2D eigenvalue weighted by Gasteiger charge is -2.40. The molecular formula is C26H29BNP. The van der Waals surface area contributed by atoms with Crippen LogP contribution in [0.1, 0.15) is 38.5 Å². The van der Waals surface area contributed by atoms with E-state index in [0.29, 0.717) is 6.85 Å². The van der Waals surface area contributed by atoms with E-state index in [2.05, 4.69) is 91.0 Å². The summed E-state index contributed by atoms with van der Waals surface area (Å²) in [4.78, 5) is 0. The van der Waals surface area contributed by atoms with Gasteiger partial charge in [0.15, 0.2) is 0 Å². The molecule has 2 fully saturated rings. The molecule has 0 aliphatic carbocycles. The summed E-state index contributed by atoms with van der Waals surface area (Å²) < 4.78 is 5.97. The topological polar surface area (TPSA) is 12.4 Å². The summed E-state index contributed by atoms with van der Waals surface area (Å²) in [7, 11) is -2.05. The van der Waals surface area contributed by atoms with Crippen molar-refractivity contribution in [3.63, 3.8) is 0 Å². The van der Waals surface area contributed by atoms with Gasteiger partial charge in [-0.25, -0.2) is 0 Å². The van der Waals surface area contributed by atoms with Crippen molar-refractivity contribution in [2.75, 3.05) is 0 Å². The minimum atomic E-state index is -2.05. The van der Waals surface area contributed by atoms with Gasteiger partial charge in [0.05, 0.1) is 0 Å². The molecule has 5 rings (SSSR count). The van der Waals surface area contributed by atoms with Crippen LogP contribution in [0.25, 0.3) is 0 Å². The predicted octanol–water partition coefficient (Wildman–Crippen LogP) is 6.26. The van der Waals surface area contributed by atoms with Crippen LogP contribution in [0.2, 0.25) is 11.6 Å². The smallest absolute Gasteiger partial charge is 0.284 e. The molecule has 2 saturated heterocycles. The second-order valence-electron chi connectivity index (χ2n) is 8.63. The van der Waals surface area contributed by atoms with Gasteiger partial charge in [0.1, 0.15) is 0 Å². The third-order valence-corrected chi connectivity index (χ3v) is 10.7. The molecule has 0 saturated carbocycles. The maximum absolute atomic E-state index is 5.97. The Balaban J connectivity index is 1.81. The number of benzene rings is 3. The van der Waals surface area contributed by atoms with Crippen LogP contribution in [0.3, 0.4) is 0 Å². The van der Waals surface area contributed by atoms with Crippen molar-refractivity contribution in [1.82, 2.24) is 0 Å². The zero-order chi connectivity index (χ0) is 19.5. The fourth-order valence-electron chi connectivity index (χ4n) is 5.61. The molecule has 0 amide bonds. The summed E-state index contributed by atoms with van der Waals surface area (Å²) in [6, 6.07) is 33.4. The van der Waals surface area contributed by atoms with Crippen LogP contribution < -0.4 is 15.9 Å². The second kappa shape index (κ2) is 8.37. The predicted molar refractivity (Wildman–Crippen MR) is 129 cm³/mol. The molecule has 0 aromatic heterocycles. The fraction of sp³-hybridized carbons (Fsp3) is 0.308. The van der Waals surface area contributed by atoms with Crippen LogP contribution in [0.4, 0.5) is 0 Å². The largest absolute Gasteiger partial charge is 0.345 e. The Morgan fingerprint density at radius 1 is 0.552 bits per heavy atom. The van der Waals surface area contributed by atoms with E-state index in [1.165, 1.54) is 54.4 Å². The molecule has 146 valence electrons. The lowest BCUT2D eigenvalue weighted by molar-refractivity contribution is 0.443. The molecule has 0 unspecified atom stereocenters. The van der Waals surface area contributed by atoms with E-state index >= 15 is 0 Å². The minimum Gasteiger partial charge on any atom is -0.345 e. The van der Waals surface area contributed by atoms with Crippen LogP contribution in [0.5, 0.6) is 0 Å². The van der Waals surface area contributed by atoms with Gasteiger partial charge in [0.25, 0.3) is 6.85 Å². The Kier molecular flexibility index (Phi) is 5.47. The highest BCUT2D eigenvalue weighted by Gasteiger charge is 2.42. The highest BCUT2D eigenvalue weighted by atomic mass is 31.2. The summed E-state index contributed by atoms with van der Waals surface area (Å²) in [6.07, 6.45) is 8.25. The Labute approximate surface area is 175 Å². The molecular weight excluding hydrogens is 368 g/mol. The average Bonchev–Trinajstić information content (AvgIpc) is 2.79. The zero-order valence-electron chi connectivity index (χ0n) is 17.0. The van der Waals surface area contributed by atoms with Crippen LogP contribution in [0.15, 0.2) is 95.7 Å². The van der Waals surface area contributed by atoms with Crippen molar-refractivity contribution >= 4 is 29.8 Å². The molecule has 0 radical (unpaired) electrons. The van der Waals surface area contributed by atoms with E-state index < -0.39 is 7.05 Å². The van der Waals surface area contributed by atoms with E-state index in [4.69, 9.17) is 4.66 Å². The van der Waals surface area contributed by atoms with Gasteiger partial charge in [-0.15, -0.1) is 0 Å². The molecule has 2 aliphatic heterocycles. The van der Waals surface area contributed by atoms with Gasteiger partial charge in [-0.1, -0.05) is 130 Å². The van der Waals surface area contributed by atoms with E-state index in [1.807, 2.05) is 0 Å². The summed E-state index contributed by atoms with van der Waals surface area (Å²) in [5.41, 5.74) is 0. The highest BCUT2D eigenvalue weighted by Crippen LogP contribution is 2.54. The quantitative estimate of drug-likeness (QED) is 0.364. The third-order valence-electron chi connectivity index (χ3n) is 6.96. The highest BCUT2D eigenvalue weighted by molar-refractivity contribution is 7.88. The fourth-order valence-corrected chi connectivity index (χ4v) is 9.49. The van der Waals surface area contributed by atoms with Crippen LogP contribution >= 0.6 is 7.05 Å². The Morgan fingerprint density at radius 3 is 1.24 bits per heavy atom. The summed E-state index contributed by atoms with van der Waals surface area (Å²) >= 11 is 0. The molecule has 3 aromatic carbocycles. The third kappa shape index (κ3) is 3.53. The van der Waals surface area contributed by atoms with Crippen molar-refractivity contribution in [2.45, 2.75) is 50.2 Å². The molecule has 1 nitrogen and oxygen atoms in total. The first-order valence-electron chi connectivity index (χ1n) is 11.2. The summed E-state index contributed by atoms with van der Waals surface area (Å²) in [6.45, 7) is 0.506. The van der Waals surface area contributed by atoms with Crippen LogP contribution in [0, 0.1) is 0 Å². The molecule has 0 spiro atoms. The van der Waals surface area contributed by atoms with Gasteiger partial charge in [-0.05, 0) is 27.5 Å². The van der Waals surface area contributed by atoms with Crippen molar-refractivity contribution in [3.8, 4) is 0 Å². The van der Waals surface area contributed by atoms with Gasteiger partial charge in [0.2, 0.25) is 0 Å². The van der Waals surface area contributed by atoms with Crippen LogP contribution in [-0.2, 0) is 0 Å². The zero-order valence-corrected chi connectivity index (χ0v) is 17.9. The van der Waals surface area contributed by atoms with Gasteiger partial charge < -0.3 is 4.66 Å². The molecule has 2 bridgehead atoms. The molecule has 0 N–H and O–H groups in total. The SMILES string of the molecule is c1ccc(P(=NB2C3CCCC2CCC3)(c2ccccc2)c2ccccc2)cc1. The first kappa shape index (κ1) is 19.0. The summed E-state index contributed by atoms with van der Waals surface area (Å²) in [5.74, 6) is 1.55. The first-order chi connectivity index (χ1) is 14.4. The van der Waals surface area contributed by atoms with E-state index in [0.717, 1.165) is 11.6 Å². The van der Waals surface area contributed by atoms with Crippen LogP contribution in [-0.4, -0.2) is 6.85 Å². The molecule has 29 heavy (non-hydrogen) atoms. The van der Waals surface area contributed by atoms with Gasteiger partial charge in [-0.3, -0.25) is 0 Å². The Hall–Kier alpha value is -2.05. The maximum atomic E-state index is 5.97. The number of fused-ring (bicyclic) bond motifs is 2. The summed E-state index contributed by atoms with van der Waals surface area (Å²) in [5, 5.41) is 4.17. The van der Waals surface area contributed by atoms with Crippen molar-refractivity contribution < 1.29 is 0 Å². The lowest BCUT2D eigenvalue weighted by atomic mass is 9.35. The molecule has 2 aliphatic rings. The minimum absolute atomic E-state index is 0.506. The number of nitrogens with zero attached hydrogens (tertiary/aromatic N) is 1. The lowest BCUT2D eigenvalue weighted by Crippen LogP contribution is -2.36. The Bertz CT molecular complexity index is 862. The number of rotatable bonds is 4.